The summed E-state index contributed by atoms with van der Waals surface area (Å²) in [5, 5.41) is 0. The van der Waals surface area contributed by atoms with E-state index in [2.05, 4.69) is 16.5 Å². The van der Waals surface area contributed by atoms with Crippen LogP contribution in [0.2, 0.25) is 0 Å². The number of rotatable bonds is 4. The molecule has 0 saturated carbocycles. The Balaban J connectivity index is 2.60. The van der Waals surface area contributed by atoms with Gasteiger partial charge in [0, 0.05) is 12.0 Å². The van der Waals surface area contributed by atoms with Crippen molar-refractivity contribution < 1.29 is 9.53 Å². The van der Waals surface area contributed by atoms with Crippen molar-refractivity contribution in [2.24, 2.45) is 10.4 Å². The zero-order chi connectivity index (χ0) is 16.3. The normalized spacial score (nSPS) is 12.9. The summed E-state index contributed by atoms with van der Waals surface area (Å²) in [6, 6.07) is 6.05. The SMILES string of the molecule is CCCn1c(=NC(=O)C(C)(C)C)sc2cc(OCC)ccc21. The molecular weight excluding hydrogens is 296 g/mol. The molecule has 0 aliphatic rings. The van der Waals surface area contributed by atoms with Gasteiger partial charge in [0.1, 0.15) is 5.75 Å². The number of benzene rings is 1. The smallest absolute Gasteiger partial charge is 0.253 e. The molecule has 120 valence electrons. The number of amides is 1. The van der Waals surface area contributed by atoms with Gasteiger partial charge in [-0.1, -0.05) is 39.0 Å². The van der Waals surface area contributed by atoms with Gasteiger partial charge in [0.05, 0.1) is 16.8 Å². The van der Waals surface area contributed by atoms with E-state index in [1.54, 1.807) is 11.3 Å². The molecule has 2 aromatic rings. The highest BCUT2D eigenvalue weighted by Crippen LogP contribution is 2.24. The summed E-state index contributed by atoms with van der Waals surface area (Å²) < 4.78 is 8.78. The minimum atomic E-state index is -0.462. The monoisotopic (exact) mass is 320 g/mol. The summed E-state index contributed by atoms with van der Waals surface area (Å²) in [7, 11) is 0. The molecular formula is C17H24N2O2S. The molecule has 5 heteroatoms. The standard InChI is InChI=1S/C17H24N2O2S/c1-6-10-19-13-9-8-12(21-7-2)11-14(13)22-16(19)18-15(20)17(3,4)5/h8-9,11H,6-7,10H2,1-5H3. The van der Waals surface area contributed by atoms with Crippen molar-refractivity contribution in [1.29, 1.82) is 0 Å². The summed E-state index contributed by atoms with van der Waals surface area (Å²) in [5.41, 5.74) is 0.646. The molecule has 0 fully saturated rings. The zero-order valence-corrected chi connectivity index (χ0v) is 14.8. The lowest BCUT2D eigenvalue weighted by atomic mass is 9.96. The van der Waals surface area contributed by atoms with Crippen molar-refractivity contribution in [3.05, 3.63) is 23.0 Å². The maximum atomic E-state index is 12.2. The average Bonchev–Trinajstić information content (AvgIpc) is 2.76. The first-order valence-corrected chi connectivity index (χ1v) is 8.53. The Morgan fingerprint density at radius 2 is 2.05 bits per heavy atom. The fraction of sp³-hybridized carbons (Fsp3) is 0.529. The number of carbonyl (C=O) groups is 1. The first kappa shape index (κ1) is 16.7. The van der Waals surface area contributed by atoms with Crippen LogP contribution in [0.25, 0.3) is 10.2 Å². The molecule has 0 unspecified atom stereocenters. The van der Waals surface area contributed by atoms with Crippen molar-refractivity contribution in [3.63, 3.8) is 0 Å². The second-order valence-corrected chi connectivity index (χ2v) is 7.27. The van der Waals surface area contributed by atoms with Crippen LogP contribution in [0.15, 0.2) is 23.2 Å². The summed E-state index contributed by atoms with van der Waals surface area (Å²) in [6.45, 7) is 11.3. The number of nitrogens with zero attached hydrogens (tertiary/aromatic N) is 2. The Morgan fingerprint density at radius 3 is 2.64 bits per heavy atom. The highest BCUT2D eigenvalue weighted by Gasteiger charge is 2.21. The van der Waals surface area contributed by atoms with Crippen LogP contribution in [0.4, 0.5) is 0 Å². The van der Waals surface area contributed by atoms with Gasteiger partial charge in [-0.05, 0) is 31.5 Å². The average molecular weight is 320 g/mol. The van der Waals surface area contributed by atoms with E-state index < -0.39 is 5.41 Å². The minimum absolute atomic E-state index is 0.0889. The van der Waals surface area contributed by atoms with Crippen LogP contribution >= 0.6 is 11.3 Å². The van der Waals surface area contributed by atoms with Crippen LogP contribution in [-0.2, 0) is 11.3 Å². The molecule has 0 atom stereocenters. The Hall–Kier alpha value is -1.62. The van der Waals surface area contributed by atoms with Crippen LogP contribution in [-0.4, -0.2) is 17.1 Å². The molecule has 4 nitrogen and oxygen atoms in total. The van der Waals surface area contributed by atoms with E-state index in [0.717, 1.165) is 33.7 Å². The molecule has 0 bridgehead atoms. The first-order valence-electron chi connectivity index (χ1n) is 7.72. The lowest BCUT2D eigenvalue weighted by molar-refractivity contribution is -0.125. The van der Waals surface area contributed by atoms with Gasteiger partial charge in [0.2, 0.25) is 0 Å². The molecule has 0 spiro atoms. The summed E-state index contributed by atoms with van der Waals surface area (Å²) >= 11 is 1.54. The molecule has 0 aliphatic carbocycles. The maximum Gasteiger partial charge on any atom is 0.253 e. The van der Waals surface area contributed by atoms with E-state index in [0.29, 0.717) is 6.61 Å². The van der Waals surface area contributed by atoms with E-state index in [1.165, 1.54) is 0 Å². The molecule has 0 radical (unpaired) electrons. The van der Waals surface area contributed by atoms with E-state index in [9.17, 15) is 4.79 Å². The van der Waals surface area contributed by atoms with Gasteiger partial charge in [-0.15, -0.1) is 0 Å². The third kappa shape index (κ3) is 3.58. The van der Waals surface area contributed by atoms with Crippen LogP contribution in [0, 0.1) is 5.41 Å². The Bertz CT molecular complexity index is 735. The summed E-state index contributed by atoms with van der Waals surface area (Å²) in [4.78, 5) is 17.4. The summed E-state index contributed by atoms with van der Waals surface area (Å²) in [6.07, 6.45) is 0.996. The predicted molar refractivity (Wildman–Crippen MR) is 91.3 cm³/mol. The number of fused-ring (bicyclic) bond motifs is 1. The maximum absolute atomic E-state index is 12.2. The number of thiazole rings is 1. The summed E-state index contributed by atoms with van der Waals surface area (Å²) in [5.74, 6) is 0.766. The van der Waals surface area contributed by atoms with Gasteiger partial charge < -0.3 is 9.30 Å². The molecule has 0 aliphatic heterocycles. The molecule has 1 amide bonds. The van der Waals surface area contributed by atoms with Crippen LogP contribution < -0.4 is 9.54 Å². The van der Waals surface area contributed by atoms with Gasteiger partial charge in [-0.3, -0.25) is 4.79 Å². The van der Waals surface area contributed by atoms with Crippen LogP contribution in [0.3, 0.4) is 0 Å². The topological polar surface area (TPSA) is 43.6 Å². The number of aromatic nitrogens is 1. The third-order valence-electron chi connectivity index (χ3n) is 3.25. The van der Waals surface area contributed by atoms with E-state index in [4.69, 9.17) is 4.74 Å². The van der Waals surface area contributed by atoms with E-state index >= 15 is 0 Å². The van der Waals surface area contributed by atoms with Crippen molar-refractivity contribution in [1.82, 2.24) is 4.57 Å². The van der Waals surface area contributed by atoms with Crippen LogP contribution in [0.5, 0.6) is 5.75 Å². The molecule has 1 aromatic heterocycles. The van der Waals surface area contributed by atoms with Crippen molar-refractivity contribution in [3.8, 4) is 5.75 Å². The van der Waals surface area contributed by atoms with Crippen molar-refractivity contribution in [2.45, 2.75) is 47.6 Å². The lowest BCUT2D eigenvalue weighted by Crippen LogP contribution is -2.23. The van der Waals surface area contributed by atoms with Gasteiger partial charge in [0.15, 0.2) is 4.80 Å². The van der Waals surface area contributed by atoms with Crippen molar-refractivity contribution in [2.75, 3.05) is 6.61 Å². The van der Waals surface area contributed by atoms with Gasteiger partial charge in [-0.25, -0.2) is 0 Å². The Kier molecular flexibility index (Phi) is 5.06. The molecule has 0 N–H and O–H groups in total. The third-order valence-corrected chi connectivity index (χ3v) is 4.29. The predicted octanol–water partition coefficient (Wildman–Crippen LogP) is 3.98. The molecule has 2 rings (SSSR count). The second-order valence-electron chi connectivity index (χ2n) is 6.27. The zero-order valence-electron chi connectivity index (χ0n) is 14.0. The van der Waals surface area contributed by atoms with Crippen LogP contribution in [0.1, 0.15) is 41.0 Å². The highest BCUT2D eigenvalue weighted by molar-refractivity contribution is 7.16. The Labute approximate surface area is 135 Å². The fourth-order valence-electron chi connectivity index (χ4n) is 2.09. The second kappa shape index (κ2) is 6.65. The Morgan fingerprint density at radius 1 is 1.32 bits per heavy atom. The highest BCUT2D eigenvalue weighted by atomic mass is 32.1. The lowest BCUT2D eigenvalue weighted by Gasteiger charge is -2.11. The van der Waals surface area contributed by atoms with E-state index in [-0.39, 0.29) is 5.91 Å². The number of hydrogen-bond donors (Lipinski definition) is 0. The number of ether oxygens (including phenoxy) is 1. The molecule has 1 heterocycles. The fourth-order valence-corrected chi connectivity index (χ4v) is 3.17. The number of hydrogen-bond acceptors (Lipinski definition) is 3. The number of carbonyl (C=O) groups excluding carboxylic acids is 1. The first-order chi connectivity index (χ1) is 10.4. The quantitative estimate of drug-likeness (QED) is 0.855. The molecule has 0 saturated heterocycles. The van der Waals surface area contributed by atoms with Gasteiger partial charge >= 0.3 is 0 Å². The van der Waals surface area contributed by atoms with Gasteiger partial charge in [-0.2, -0.15) is 4.99 Å². The number of aryl methyl sites for hydroxylation is 1. The molecule has 22 heavy (non-hydrogen) atoms. The van der Waals surface area contributed by atoms with Crippen molar-refractivity contribution >= 4 is 27.5 Å². The minimum Gasteiger partial charge on any atom is -0.494 e. The van der Waals surface area contributed by atoms with E-state index in [1.807, 2.05) is 45.9 Å². The largest absolute Gasteiger partial charge is 0.494 e. The van der Waals surface area contributed by atoms with Gasteiger partial charge in [0.25, 0.3) is 5.91 Å². The molecule has 1 aromatic carbocycles.